The number of carbonyl (C=O) groups excluding carboxylic acids is 1. The molecular formula is C23H21NO3. The Hall–Kier alpha value is -3.27. The Labute approximate surface area is 158 Å². The van der Waals surface area contributed by atoms with Gasteiger partial charge in [0.05, 0.1) is 6.42 Å². The second kappa shape index (κ2) is 7.96. The van der Waals surface area contributed by atoms with Gasteiger partial charge in [0.25, 0.3) is 0 Å². The van der Waals surface area contributed by atoms with Crippen molar-refractivity contribution in [3.05, 3.63) is 89.5 Å². The van der Waals surface area contributed by atoms with Gasteiger partial charge in [-0.3, -0.25) is 4.79 Å². The van der Waals surface area contributed by atoms with Crippen LogP contribution in [0, 0.1) is 0 Å². The molecule has 27 heavy (non-hydrogen) atoms. The summed E-state index contributed by atoms with van der Waals surface area (Å²) in [5.41, 5.74) is 4.06. The van der Waals surface area contributed by atoms with Gasteiger partial charge in [0.15, 0.2) is 11.5 Å². The van der Waals surface area contributed by atoms with Crippen LogP contribution in [0.4, 0.5) is 5.69 Å². The standard InChI is InChI=1S/C23H21NO3/c25-23(16-18-10-11-21-22(15-18)27-13-12-26-21)24-20-9-5-4-8-19(20)14-17-6-2-1-3-7-17/h1-11,15H,12-14,16H2,(H,24,25). The normalized spacial score (nSPS) is 12.4. The maximum Gasteiger partial charge on any atom is 0.228 e. The van der Waals surface area contributed by atoms with E-state index >= 15 is 0 Å². The maximum absolute atomic E-state index is 12.6. The summed E-state index contributed by atoms with van der Waals surface area (Å²) in [6, 6.07) is 23.8. The molecule has 1 aliphatic heterocycles. The van der Waals surface area contributed by atoms with Gasteiger partial charge in [-0.05, 0) is 41.3 Å². The van der Waals surface area contributed by atoms with Gasteiger partial charge in [0, 0.05) is 5.69 Å². The number of para-hydroxylation sites is 1. The number of amides is 1. The number of carbonyl (C=O) groups is 1. The minimum absolute atomic E-state index is 0.0489. The first kappa shape index (κ1) is 17.2. The molecule has 1 heterocycles. The SMILES string of the molecule is O=C(Cc1ccc2c(c1)OCCO2)Nc1ccccc1Cc1ccccc1. The molecule has 0 aliphatic carbocycles. The third kappa shape index (κ3) is 4.29. The summed E-state index contributed by atoms with van der Waals surface area (Å²) in [6.07, 6.45) is 1.07. The zero-order valence-electron chi connectivity index (χ0n) is 15.0. The highest BCUT2D eigenvalue weighted by Gasteiger charge is 2.14. The first-order valence-corrected chi connectivity index (χ1v) is 9.08. The summed E-state index contributed by atoms with van der Waals surface area (Å²) in [4.78, 5) is 12.6. The Bertz CT molecular complexity index is 937. The quantitative estimate of drug-likeness (QED) is 0.742. The van der Waals surface area contributed by atoms with Gasteiger partial charge in [-0.1, -0.05) is 54.6 Å². The van der Waals surface area contributed by atoms with Crippen molar-refractivity contribution in [2.75, 3.05) is 18.5 Å². The van der Waals surface area contributed by atoms with Crippen molar-refractivity contribution in [1.29, 1.82) is 0 Å². The molecule has 1 amide bonds. The van der Waals surface area contributed by atoms with Crippen molar-refractivity contribution in [1.82, 2.24) is 0 Å². The number of ether oxygens (including phenoxy) is 2. The Morgan fingerprint density at radius 3 is 2.41 bits per heavy atom. The number of hydrogen-bond acceptors (Lipinski definition) is 3. The van der Waals surface area contributed by atoms with Gasteiger partial charge in [-0.15, -0.1) is 0 Å². The summed E-state index contributed by atoms with van der Waals surface area (Å²) >= 11 is 0. The van der Waals surface area contributed by atoms with Gasteiger partial charge in [0.2, 0.25) is 5.91 Å². The average Bonchev–Trinajstić information content (AvgIpc) is 2.70. The zero-order chi connectivity index (χ0) is 18.5. The number of anilines is 1. The van der Waals surface area contributed by atoms with Crippen molar-refractivity contribution in [2.24, 2.45) is 0 Å². The molecule has 0 saturated heterocycles. The van der Waals surface area contributed by atoms with Gasteiger partial charge >= 0.3 is 0 Å². The topological polar surface area (TPSA) is 47.6 Å². The van der Waals surface area contributed by atoms with E-state index in [-0.39, 0.29) is 12.3 Å². The first-order valence-electron chi connectivity index (χ1n) is 9.08. The lowest BCUT2D eigenvalue weighted by molar-refractivity contribution is -0.115. The highest BCUT2D eigenvalue weighted by molar-refractivity contribution is 5.93. The molecule has 0 radical (unpaired) electrons. The highest BCUT2D eigenvalue weighted by Crippen LogP contribution is 2.31. The van der Waals surface area contributed by atoms with Crippen molar-refractivity contribution >= 4 is 11.6 Å². The lowest BCUT2D eigenvalue weighted by Gasteiger charge is -2.19. The van der Waals surface area contributed by atoms with E-state index in [0.717, 1.165) is 29.0 Å². The largest absolute Gasteiger partial charge is 0.486 e. The molecule has 1 N–H and O–H groups in total. The molecule has 0 saturated carbocycles. The fraction of sp³-hybridized carbons (Fsp3) is 0.174. The van der Waals surface area contributed by atoms with Crippen molar-refractivity contribution in [3.8, 4) is 11.5 Å². The first-order chi connectivity index (χ1) is 13.3. The van der Waals surface area contributed by atoms with Crippen molar-refractivity contribution in [3.63, 3.8) is 0 Å². The van der Waals surface area contributed by atoms with E-state index in [1.54, 1.807) is 0 Å². The maximum atomic E-state index is 12.6. The zero-order valence-corrected chi connectivity index (χ0v) is 15.0. The average molecular weight is 359 g/mol. The Morgan fingerprint density at radius 2 is 1.56 bits per heavy atom. The van der Waals surface area contributed by atoms with E-state index in [4.69, 9.17) is 9.47 Å². The van der Waals surface area contributed by atoms with Crippen LogP contribution < -0.4 is 14.8 Å². The minimum atomic E-state index is -0.0489. The summed E-state index contributed by atoms with van der Waals surface area (Å²) in [6.45, 7) is 1.10. The minimum Gasteiger partial charge on any atom is -0.486 e. The number of fused-ring (bicyclic) bond motifs is 1. The second-order valence-corrected chi connectivity index (χ2v) is 6.52. The lowest BCUT2D eigenvalue weighted by atomic mass is 10.0. The van der Waals surface area contributed by atoms with Crippen molar-refractivity contribution < 1.29 is 14.3 Å². The van der Waals surface area contributed by atoms with Crippen LogP contribution >= 0.6 is 0 Å². The molecule has 1 aliphatic rings. The van der Waals surface area contributed by atoms with Crippen molar-refractivity contribution in [2.45, 2.75) is 12.8 Å². The third-order valence-corrected chi connectivity index (χ3v) is 4.50. The molecule has 136 valence electrons. The molecule has 0 spiro atoms. The summed E-state index contributed by atoms with van der Waals surface area (Å²) in [5.74, 6) is 1.39. The molecule has 3 aromatic carbocycles. The van der Waals surface area contributed by atoms with Crippen LogP contribution in [0.2, 0.25) is 0 Å². The number of nitrogens with one attached hydrogen (secondary N) is 1. The van der Waals surface area contributed by atoms with Crippen LogP contribution in [-0.4, -0.2) is 19.1 Å². The predicted octanol–water partition coefficient (Wildman–Crippen LogP) is 4.23. The third-order valence-electron chi connectivity index (χ3n) is 4.50. The monoisotopic (exact) mass is 359 g/mol. The lowest BCUT2D eigenvalue weighted by Crippen LogP contribution is -2.17. The number of rotatable bonds is 5. The van der Waals surface area contributed by atoms with Gasteiger partial charge in [-0.2, -0.15) is 0 Å². The fourth-order valence-electron chi connectivity index (χ4n) is 3.19. The van der Waals surface area contributed by atoms with E-state index in [9.17, 15) is 4.79 Å². The molecule has 3 aromatic rings. The highest BCUT2D eigenvalue weighted by atomic mass is 16.6. The molecule has 0 aromatic heterocycles. The summed E-state index contributed by atoms with van der Waals surface area (Å²) in [5, 5.41) is 3.05. The van der Waals surface area contributed by atoms with Crippen LogP contribution in [0.1, 0.15) is 16.7 Å². The van der Waals surface area contributed by atoms with Gasteiger partial charge in [0.1, 0.15) is 13.2 Å². The predicted molar refractivity (Wildman–Crippen MR) is 105 cm³/mol. The van der Waals surface area contributed by atoms with E-state index in [1.165, 1.54) is 5.56 Å². The van der Waals surface area contributed by atoms with Crippen LogP contribution in [0.3, 0.4) is 0 Å². The van der Waals surface area contributed by atoms with Crippen LogP contribution in [0.25, 0.3) is 0 Å². The van der Waals surface area contributed by atoms with Gasteiger partial charge in [-0.25, -0.2) is 0 Å². The van der Waals surface area contributed by atoms with E-state index in [0.29, 0.717) is 19.0 Å². The Morgan fingerprint density at radius 1 is 0.815 bits per heavy atom. The number of benzene rings is 3. The smallest absolute Gasteiger partial charge is 0.228 e. The molecular weight excluding hydrogens is 338 g/mol. The molecule has 0 unspecified atom stereocenters. The van der Waals surface area contributed by atoms with Crippen LogP contribution in [0.15, 0.2) is 72.8 Å². The molecule has 4 nitrogen and oxygen atoms in total. The number of hydrogen-bond donors (Lipinski definition) is 1. The molecule has 4 rings (SSSR count). The summed E-state index contributed by atoms with van der Waals surface area (Å²) < 4.78 is 11.1. The second-order valence-electron chi connectivity index (χ2n) is 6.52. The van der Waals surface area contributed by atoms with Crippen LogP contribution in [-0.2, 0) is 17.6 Å². The molecule has 0 fully saturated rings. The Balaban J connectivity index is 1.45. The Kier molecular flexibility index (Phi) is 5.06. The van der Waals surface area contributed by atoms with Gasteiger partial charge < -0.3 is 14.8 Å². The molecule has 4 heteroatoms. The molecule has 0 atom stereocenters. The van der Waals surface area contributed by atoms with Crippen LogP contribution in [0.5, 0.6) is 11.5 Å². The van der Waals surface area contributed by atoms with E-state index < -0.39 is 0 Å². The fourth-order valence-corrected chi connectivity index (χ4v) is 3.19. The van der Waals surface area contributed by atoms with E-state index in [1.807, 2.05) is 60.7 Å². The summed E-state index contributed by atoms with van der Waals surface area (Å²) in [7, 11) is 0. The van der Waals surface area contributed by atoms with E-state index in [2.05, 4.69) is 17.4 Å². The molecule has 0 bridgehead atoms.